The summed E-state index contributed by atoms with van der Waals surface area (Å²) in [5, 5.41) is 6.42. The molecule has 1 aliphatic rings. The van der Waals surface area contributed by atoms with Crippen LogP contribution in [0.1, 0.15) is 41.6 Å². The Labute approximate surface area is 168 Å². The Morgan fingerprint density at radius 2 is 2.04 bits per heavy atom. The summed E-state index contributed by atoms with van der Waals surface area (Å²) in [4.78, 5) is 20.9. The number of likely N-dealkylation sites (tertiary alicyclic amines) is 1. The lowest BCUT2D eigenvalue weighted by molar-refractivity contribution is -0.121. The number of aromatic nitrogens is 1. The number of hydrogen-bond donors (Lipinski definition) is 1. The van der Waals surface area contributed by atoms with Crippen LogP contribution in [0.3, 0.4) is 0 Å². The summed E-state index contributed by atoms with van der Waals surface area (Å²) < 4.78 is 1.22. The summed E-state index contributed by atoms with van der Waals surface area (Å²) in [5.41, 5.74) is 1.06. The van der Waals surface area contributed by atoms with Crippen molar-refractivity contribution in [2.75, 3.05) is 19.6 Å². The predicted molar refractivity (Wildman–Crippen MR) is 113 cm³/mol. The number of aryl methyl sites for hydroxylation is 1. The first-order valence-electron chi connectivity index (χ1n) is 9.68. The molecular weight excluding hydrogens is 374 g/mol. The van der Waals surface area contributed by atoms with E-state index in [0.717, 1.165) is 36.5 Å². The average Bonchev–Trinajstić information content (AvgIpc) is 3.43. The van der Waals surface area contributed by atoms with Gasteiger partial charge in [0.2, 0.25) is 5.91 Å². The van der Waals surface area contributed by atoms with E-state index in [1.54, 1.807) is 22.7 Å². The quantitative estimate of drug-likeness (QED) is 0.600. The van der Waals surface area contributed by atoms with Gasteiger partial charge in [0.15, 0.2) is 0 Å². The van der Waals surface area contributed by atoms with Gasteiger partial charge >= 0.3 is 0 Å². The highest BCUT2D eigenvalue weighted by Crippen LogP contribution is 2.28. The maximum absolute atomic E-state index is 12.4. The molecule has 4 nitrogen and oxygen atoms in total. The van der Waals surface area contributed by atoms with E-state index in [9.17, 15) is 4.79 Å². The molecule has 4 rings (SSSR count). The van der Waals surface area contributed by atoms with E-state index < -0.39 is 0 Å². The van der Waals surface area contributed by atoms with Crippen LogP contribution in [0.25, 0.3) is 10.2 Å². The highest BCUT2D eigenvalue weighted by atomic mass is 32.1. The molecule has 1 atom stereocenters. The van der Waals surface area contributed by atoms with Crippen LogP contribution < -0.4 is 5.32 Å². The number of rotatable bonds is 8. The normalized spacial score (nSPS) is 16.0. The molecule has 1 amide bonds. The monoisotopic (exact) mass is 399 g/mol. The molecule has 142 valence electrons. The van der Waals surface area contributed by atoms with Gasteiger partial charge in [-0.3, -0.25) is 9.69 Å². The zero-order chi connectivity index (χ0) is 18.5. The number of hydrogen-bond acceptors (Lipinski definition) is 5. The summed E-state index contributed by atoms with van der Waals surface area (Å²) in [5.74, 6) is 0.150. The summed E-state index contributed by atoms with van der Waals surface area (Å²) in [6.07, 6.45) is 4.80. The molecule has 3 aromatic rings. The summed E-state index contributed by atoms with van der Waals surface area (Å²) in [6.45, 7) is 2.98. The zero-order valence-corrected chi connectivity index (χ0v) is 17.0. The Morgan fingerprint density at radius 3 is 2.81 bits per heavy atom. The fraction of sp³-hybridized carbons (Fsp3) is 0.429. The van der Waals surface area contributed by atoms with E-state index in [4.69, 9.17) is 0 Å². The lowest BCUT2D eigenvalue weighted by atomic mass is 10.2. The first-order chi connectivity index (χ1) is 13.3. The first kappa shape index (κ1) is 18.6. The fourth-order valence-electron chi connectivity index (χ4n) is 3.67. The van der Waals surface area contributed by atoms with Gasteiger partial charge in [0.25, 0.3) is 0 Å². The van der Waals surface area contributed by atoms with E-state index in [2.05, 4.69) is 38.8 Å². The Kier molecular flexibility index (Phi) is 6.17. The Morgan fingerprint density at radius 1 is 1.19 bits per heavy atom. The summed E-state index contributed by atoms with van der Waals surface area (Å²) in [6, 6.07) is 12.8. The fourth-order valence-corrected chi connectivity index (χ4v) is 5.54. The minimum atomic E-state index is 0.150. The van der Waals surface area contributed by atoms with E-state index in [1.807, 2.05) is 18.2 Å². The third-order valence-electron chi connectivity index (χ3n) is 5.08. The average molecular weight is 400 g/mol. The number of benzene rings is 1. The topological polar surface area (TPSA) is 45.2 Å². The summed E-state index contributed by atoms with van der Waals surface area (Å²) in [7, 11) is 0. The van der Waals surface area contributed by atoms with Crippen molar-refractivity contribution in [1.82, 2.24) is 15.2 Å². The maximum atomic E-state index is 12.4. The Hall–Kier alpha value is -1.76. The SMILES string of the molecule is O=C(CCCc1nc2ccccc2s1)NCC(c1cccs1)N1CCCC1. The molecule has 1 aromatic carbocycles. The standard InChI is InChI=1S/C21H25N3OS2/c25-20(10-5-11-21-23-16-7-1-2-8-18(16)27-21)22-15-17(19-9-6-14-26-19)24-12-3-4-13-24/h1-2,6-9,14,17H,3-5,10-13,15H2,(H,22,25). The first-order valence-corrected chi connectivity index (χ1v) is 11.4. The van der Waals surface area contributed by atoms with Gasteiger partial charge in [0, 0.05) is 17.8 Å². The highest BCUT2D eigenvalue weighted by Gasteiger charge is 2.24. The van der Waals surface area contributed by atoms with Crippen molar-refractivity contribution in [2.24, 2.45) is 0 Å². The van der Waals surface area contributed by atoms with Crippen LogP contribution in [0, 0.1) is 0 Å². The van der Waals surface area contributed by atoms with Crippen LogP contribution in [-0.4, -0.2) is 35.4 Å². The molecule has 0 radical (unpaired) electrons. The molecule has 2 aromatic heterocycles. The number of nitrogens with zero attached hydrogens (tertiary/aromatic N) is 2. The van der Waals surface area contributed by atoms with Gasteiger partial charge in [-0.1, -0.05) is 18.2 Å². The number of thiophene rings is 1. The van der Waals surface area contributed by atoms with Crippen LogP contribution in [0.4, 0.5) is 0 Å². The van der Waals surface area contributed by atoms with Crippen molar-refractivity contribution >= 4 is 38.8 Å². The van der Waals surface area contributed by atoms with Crippen LogP contribution in [0.2, 0.25) is 0 Å². The molecule has 1 saturated heterocycles. The number of nitrogens with one attached hydrogen (secondary N) is 1. The number of fused-ring (bicyclic) bond motifs is 1. The molecule has 1 fully saturated rings. The van der Waals surface area contributed by atoms with E-state index in [1.165, 1.54) is 22.4 Å². The second kappa shape index (κ2) is 8.95. The predicted octanol–water partition coefficient (Wildman–Crippen LogP) is 4.63. The van der Waals surface area contributed by atoms with Gasteiger partial charge < -0.3 is 5.32 Å². The zero-order valence-electron chi connectivity index (χ0n) is 15.4. The highest BCUT2D eigenvalue weighted by molar-refractivity contribution is 7.18. The van der Waals surface area contributed by atoms with Gasteiger partial charge in [0.1, 0.15) is 0 Å². The van der Waals surface area contributed by atoms with Crippen molar-refractivity contribution in [1.29, 1.82) is 0 Å². The molecule has 0 spiro atoms. The molecule has 1 aliphatic heterocycles. The second-order valence-electron chi connectivity index (χ2n) is 7.01. The molecule has 0 aliphatic carbocycles. The minimum Gasteiger partial charge on any atom is -0.354 e. The largest absolute Gasteiger partial charge is 0.354 e. The third kappa shape index (κ3) is 4.75. The minimum absolute atomic E-state index is 0.150. The van der Waals surface area contributed by atoms with Gasteiger partial charge in [-0.2, -0.15) is 0 Å². The molecule has 0 bridgehead atoms. The smallest absolute Gasteiger partial charge is 0.220 e. The summed E-state index contributed by atoms with van der Waals surface area (Å²) >= 11 is 3.52. The Bertz CT molecular complexity index is 836. The van der Waals surface area contributed by atoms with Crippen LogP contribution in [0.5, 0.6) is 0 Å². The van der Waals surface area contributed by atoms with Crippen molar-refractivity contribution in [3.05, 3.63) is 51.7 Å². The van der Waals surface area contributed by atoms with Crippen molar-refractivity contribution in [3.8, 4) is 0 Å². The number of carbonyl (C=O) groups is 1. The van der Waals surface area contributed by atoms with E-state index in [-0.39, 0.29) is 5.91 Å². The van der Waals surface area contributed by atoms with Crippen LogP contribution >= 0.6 is 22.7 Å². The van der Waals surface area contributed by atoms with Crippen molar-refractivity contribution < 1.29 is 4.79 Å². The lowest BCUT2D eigenvalue weighted by Crippen LogP contribution is -2.36. The van der Waals surface area contributed by atoms with Crippen LogP contribution in [-0.2, 0) is 11.2 Å². The van der Waals surface area contributed by atoms with E-state index in [0.29, 0.717) is 19.0 Å². The molecule has 6 heteroatoms. The van der Waals surface area contributed by atoms with Gasteiger partial charge in [0.05, 0.1) is 21.3 Å². The van der Waals surface area contributed by atoms with Gasteiger partial charge in [-0.25, -0.2) is 4.98 Å². The number of thiazole rings is 1. The van der Waals surface area contributed by atoms with Gasteiger partial charge in [-0.15, -0.1) is 22.7 Å². The maximum Gasteiger partial charge on any atom is 0.220 e. The second-order valence-corrected chi connectivity index (χ2v) is 9.10. The van der Waals surface area contributed by atoms with Gasteiger partial charge in [-0.05, 0) is 62.4 Å². The number of para-hydroxylation sites is 1. The van der Waals surface area contributed by atoms with E-state index >= 15 is 0 Å². The van der Waals surface area contributed by atoms with Crippen LogP contribution in [0.15, 0.2) is 41.8 Å². The van der Waals surface area contributed by atoms with Crippen molar-refractivity contribution in [2.45, 2.75) is 38.1 Å². The lowest BCUT2D eigenvalue weighted by Gasteiger charge is -2.26. The number of carbonyl (C=O) groups excluding carboxylic acids is 1. The molecule has 27 heavy (non-hydrogen) atoms. The molecule has 1 N–H and O–H groups in total. The third-order valence-corrected chi connectivity index (χ3v) is 7.15. The molecule has 3 heterocycles. The molecular formula is C21H25N3OS2. The Balaban J connectivity index is 1.25. The van der Waals surface area contributed by atoms with Crippen molar-refractivity contribution in [3.63, 3.8) is 0 Å². The number of amides is 1. The molecule has 0 saturated carbocycles. The molecule has 1 unspecified atom stereocenters.